The van der Waals surface area contributed by atoms with Crippen molar-refractivity contribution in [3.63, 3.8) is 0 Å². The first-order chi connectivity index (χ1) is 14.4. The molecule has 4 aliphatic rings. The van der Waals surface area contributed by atoms with E-state index in [-0.39, 0.29) is 36.3 Å². The number of methoxy groups -OCH3 is 2. The molecular weight excluding hydrogens is 388 g/mol. The second kappa shape index (κ2) is 8.32. The molecule has 0 spiro atoms. The normalized spacial score (nSPS) is 46.1. The largest absolute Gasteiger partial charge is 0.456 e. The van der Waals surface area contributed by atoms with Crippen LogP contribution in [0.15, 0.2) is 0 Å². The molecule has 1 N–H and O–H groups in total. The first-order valence-corrected chi connectivity index (χ1v) is 11.4. The standard InChI is InChI=1S/C23H38O7/c1-21-9-8-17-15(16(21)5-6-18(21)28-13-26-3)7-10-23(19(12-24)29-14-27-4)22(17,2)11-20(25)30-23/h15-19,24H,5-14H2,1-4H3/t15-,16-,17-,18-,19+,21-,22+,23+/m0/s1. The van der Waals surface area contributed by atoms with Crippen LogP contribution < -0.4 is 0 Å². The van der Waals surface area contributed by atoms with Crippen LogP contribution in [0.4, 0.5) is 0 Å². The Bertz CT molecular complexity index is 641. The number of ether oxygens (including phenoxy) is 5. The lowest BCUT2D eigenvalue weighted by Crippen LogP contribution is -2.64. The fraction of sp³-hybridized carbons (Fsp3) is 0.957. The van der Waals surface area contributed by atoms with Crippen molar-refractivity contribution in [2.45, 2.75) is 76.6 Å². The summed E-state index contributed by atoms with van der Waals surface area (Å²) >= 11 is 0. The second-order valence-electron chi connectivity index (χ2n) is 10.3. The van der Waals surface area contributed by atoms with E-state index in [0.29, 0.717) is 31.0 Å². The van der Waals surface area contributed by atoms with E-state index in [1.807, 2.05) is 0 Å². The average Bonchev–Trinajstić information content (AvgIpc) is 3.19. The van der Waals surface area contributed by atoms with Crippen LogP contribution in [0.2, 0.25) is 0 Å². The van der Waals surface area contributed by atoms with Crippen molar-refractivity contribution in [3.05, 3.63) is 0 Å². The molecule has 0 radical (unpaired) electrons. The minimum Gasteiger partial charge on any atom is -0.456 e. The Morgan fingerprint density at radius 3 is 2.53 bits per heavy atom. The van der Waals surface area contributed by atoms with E-state index in [0.717, 1.165) is 38.5 Å². The van der Waals surface area contributed by atoms with Gasteiger partial charge in [-0.05, 0) is 61.7 Å². The summed E-state index contributed by atoms with van der Waals surface area (Å²) in [6, 6.07) is 0. The maximum atomic E-state index is 12.6. The Morgan fingerprint density at radius 2 is 1.83 bits per heavy atom. The van der Waals surface area contributed by atoms with Crippen LogP contribution >= 0.6 is 0 Å². The molecular formula is C23H38O7. The summed E-state index contributed by atoms with van der Waals surface area (Å²) in [5, 5.41) is 10.2. The van der Waals surface area contributed by atoms with Gasteiger partial charge in [0.1, 0.15) is 25.3 Å². The van der Waals surface area contributed by atoms with E-state index in [2.05, 4.69) is 13.8 Å². The van der Waals surface area contributed by atoms with E-state index in [1.54, 1.807) is 14.2 Å². The molecule has 0 amide bonds. The van der Waals surface area contributed by atoms with E-state index >= 15 is 0 Å². The highest BCUT2D eigenvalue weighted by Gasteiger charge is 2.70. The lowest BCUT2D eigenvalue weighted by Gasteiger charge is -2.60. The third kappa shape index (κ3) is 3.15. The summed E-state index contributed by atoms with van der Waals surface area (Å²) in [5.74, 6) is 1.32. The highest BCUT2D eigenvalue weighted by molar-refractivity contribution is 5.74. The zero-order valence-corrected chi connectivity index (χ0v) is 18.9. The molecule has 4 fully saturated rings. The first-order valence-electron chi connectivity index (χ1n) is 11.4. The number of aliphatic hydroxyl groups is 1. The number of hydrogen-bond acceptors (Lipinski definition) is 7. The SMILES string of the molecule is COCO[C@H]1CC[C@H]2[C@@H]3CC[C@]4([C@@H](CO)OCOC)OC(=O)C[C@]4(C)[C@H]3CC[C@]12C. The molecule has 30 heavy (non-hydrogen) atoms. The van der Waals surface area contributed by atoms with Crippen LogP contribution in [-0.2, 0) is 28.5 Å². The Hall–Kier alpha value is -0.730. The number of esters is 1. The molecule has 8 atom stereocenters. The number of carbonyl (C=O) groups excluding carboxylic acids is 1. The van der Waals surface area contributed by atoms with Gasteiger partial charge < -0.3 is 28.8 Å². The Morgan fingerprint density at radius 1 is 1.07 bits per heavy atom. The molecule has 3 aliphatic carbocycles. The van der Waals surface area contributed by atoms with Gasteiger partial charge in [0, 0.05) is 19.6 Å². The minimum atomic E-state index is -0.781. The maximum absolute atomic E-state index is 12.6. The van der Waals surface area contributed by atoms with Gasteiger partial charge in [-0.25, -0.2) is 0 Å². The van der Waals surface area contributed by atoms with Crippen LogP contribution in [0.5, 0.6) is 0 Å². The molecule has 0 aromatic rings. The zero-order valence-electron chi connectivity index (χ0n) is 18.9. The molecule has 0 unspecified atom stereocenters. The van der Waals surface area contributed by atoms with Crippen LogP contribution in [0.25, 0.3) is 0 Å². The monoisotopic (exact) mass is 426 g/mol. The summed E-state index contributed by atoms with van der Waals surface area (Å²) in [6.07, 6.45) is 6.13. The molecule has 1 saturated heterocycles. The summed E-state index contributed by atoms with van der Waals surface area (Å²) in [5.41, 5.74) is -0.972. The van der Waals surface area contributed by atoms with E-state index in [9.17, 15) is 9.90 Å². The zero-order chi connectivity index (χ0) is 21.6. The number of hydrogen-bond donors (Lipinski definition) is 1. The lowest BCUT2D eigenvalue weighted by atomic mass is 9.45. The number of rotatable bonds is 8. The van der Waals surface area contributed by atoms with Gasteiger partial charge in [-0.3, -0.25) is 4.79 Å². The van der Waals surface area contributed by atoms with Crippen LogP contribution in [-0.4, -0.2) is 63.3 Å². The van der Waals surface area contributed by atoms with E-state index < -0.39 is 11.7 Å². The van der Waals surface area contributed by atoms with Gasteiger partial charge in [0.05, 0.1) is 19.1 Å². The van der Waals surface area contributed by atoms with E-state index in [1.165, 1.54) is 0 Å². The van der Waals surface area contributed by atoms with Crippen molar-refractivity contribution in [2.24, 2.45) is 28.6 Å². The van der Waals surface area contributed by atoms with Crippen molar-refractivity contribution in [2.75, 3.05) is 34.4 Å². The molecule has 172 valence electrons. The Kier molecular flexibility index (Phi) is 6.23. The number of carbonyl (C=O) groups is 1. The highest BCUT2D eigenvalue weighted by Crippen LogP contribution is 2.68. The van der Waals surface area contributed by atoms with Crippen molar-refractivity contribution in [3.8, 4) is 0 Å². The van der Waals surface area contributed by atoms with Gasteiger partial charge in [0.2, 0.25) is 0 Å². The average molecular weight is 427 g/mol. The Labute approximate surface area is 179 Å². The van der Waals surface area contributed by atoms with Gasteiger partial charge in [0.15, 0.2) is 0 Å². The predicted octanol–water partition coefficient (Wildman–Crippen LogP) is 2.89. The molecule has 7 nitrogen and oxygen atoms in total. The smallest absolute Gasteiger partial charge is 0.307 e. The molecule has 1 heterocycles. The molecule has 7 heteroatoms. The minimum absolute atomic E-state index is 0.0773. The molecule has 0 aromatic heterocycles. The van der Waals surface area contributed by atoms with Gasteiger partial charge in [0.25, 0.3) is 0 Å². The fourth-order valence-electron chi connectivity index (χ4n) is 7.90. The maximum Gasteiger partial charge on any atom is 0.307 e. The summed E-state index contributed by atoms with van der Waals surface area (Å²) in [7, 11) is 3.24. The van der Waals surface area contributed by atoms with Crippen molar-refractivity contribution >= 4 is 5.97 Å². The van der Waals surface area contributed by atoms with Gasteiger partial charge in [-0.2, -0.15) is 0 Å². The summed E-state index contributed by atoms with van der Waals surface area (Å²) < 4.78 is 28.3. The number of fused-ring (bicyclic) bond motifs is 5. The molecule has 1 aliphatic heterocycles. The van der Waals surface area contributed by atoms with Crippen LogP contribution in [0, 0.1) is 28.6 Å². The van der Waals surface area contributed by atoms with E-state index in [4.69, 9.17) is 23.7 Å². The second-order valence-corrected chi connectivity index (χ2v) is 10.3. The molecule has 0 aromatic carbocycles. The molecule has 0 bridgehead atoms. The fourth-order valence-corrected chi connectivity index (χ4v) is 7.90. The Balaban J connectivity index is 1.62. The van der Waals surface area contributed by atoms with Crippen LogP contribution in [0.1, 0.15) is 58.8 Å². The van der Waals surface area contributed by atoms with Crippen molar-refractivity contribution in [1.82, 2.24) is 0 Å². The summed E-state index contributed by atoms with van der Waals surface area (Å²) in [4.78, 5) is 12.6. The van der Waals surface area contributed by atoms with Crippen molar-refractivity contribution in [1.29, 1.82) is 0 Å². The molecule has 4 rings (SSSR count). The van der Waals surface area contributed by atoms with Gasteiger partial charge in [-0.15, -0.1) is 0 Å². The third-order valence-corrected chi connectivity index (χ3v) is 9.25. The van der Waals surface area contributed by atoms with Gasteiger partial charge in [-0.1, -0.05) is 13.8 Å². The molecule has 3 saturated carbocycles. The summed E-state index contributed by atoms with van der Waals surface area (Å²) in [6.45, 7) is 4.83. The topological polar surface area (TPSA) is 83.5 Å². The van der Waals surface area contributed by atoms with Crippen LogP contribution in [0.3, 0.4) is 0 Å². The quantitative estimate of drug-likeness (QED) is 0.472. The highest BCUT2D eigenvalue weighted by atomic mass is 16.7. The predicted molar refractivity (Wildman–Crippen MR) is 108 cm³/mol. The third-order valence-electron chi connectivity index (χ3n) is 9.25. The lowest BCUT2D eigenvalue weighted by molar-refractivity contribution is -0.241. The first kappa shape index (κ1) is 22.5. The van der Waals surface area contributed by atoms with Crippen molar-refractivity contribution < 1.29 is 33.6 Å². The van der Waals surface area contributed by atoms with Gasteiger partial charge >= 0.3 is 5.97 Å². The number of aliphatic hydroxyl groups excluding tert-OH is 1.